The fourth-order valence-electron chi connectivity index (χ4n) is 4.46. The normalized spacial score (nSPS) is 19.9. The number of unbranched alkanes of at least 4 members (excludes halogenated alkanes) is 5. The molecule has 1 rings (SSSR count). The second kappa shape index (κ2) is 18.0. The first-order valence-corrected chi connectivity index (χ1v) is 12.9. The van der Waals surface area contributed by atoms with Gasteiger partial charge in [0.15, 0.2) is 0 Å². The number of allylic oxidation sites excluding steroid dienone is 5. The third-order valence-corrected chi connectivity index (χ3v) is 6.16. The van der Waals surface area contributed by atoms with Crippen LogP contribution in [-0.2, 0) is 23.9 Å². The molecule has 0 aliphatic heterocycles. The first-order chi connectivity index (χ1) is 16.3. The molecule has 4 atom stereocenters. The third-order valence-electron chi connectivity index (χ3n) is 6.16. The molecule has 6 nitrogen and oxygen atoms in total. The van der Waals surface area contributed by atoms with E-state index in [1.54, 1.807) is 0 Å². The molecule has 0 fully saturated rings. The summed E-state index contributed by atoms with van der Waals surface area (Å²) >= 11 is 0. The van der Waals surface area contributed by atoms with Crippen molar-refractivity contribution >= 4 is 17.9 Å². The number of carboxylic acid groups (broad SMARTS) is 1. The molecule has 0 saturated carbocycles. The van der Waals surface area contributed by atoms with Gasteiger partial charge in [0, 0.05) is 26.2 Å². The molecule has 6 heteroatoms. The van der Waals surface area contributed by atoms with Gasteiger partial charge in [0.05, 0.1) is 0 Å². The van der Waals surface area contributed by atoms with Crippen molar-refractivity contribution in [1.82, 2.24) is 0 Å². The van der Waals surface area contributed by atoms with E-state index in [9.17, 15) is 14.4 Å². The van der Waals surface area contributed by atoms with Gasteiger partial charge in [-0.1, -0.05) is 69.4 Å². The van der Waals surface area contributed by atoms with Crippen LogP contribution in [0.15, 0.2) is 36.5 Å². The second-order valence-corrected chi connectivity index (χ2v) is 9.18. The number of ether oxygens (including phenoxy) is 2. The molecule has 2 unspecified atom stereocenters. The van der Waals surface area contributed by atoms with Gasteiger partial charge in [-0.2, -0.15) is 0 Å². The van der Waals surface area contributed by atoms with E-state index in [4.69, 9.17) is 14.6 Å². The van der Waals surface area contributed by atoms with Crippen LogP contribution in [0.3, 0.4) is 0 Å². The minimum absolute atomic E-state index is 0.0692. The molecule has 0 spiro atoms. The van der Waals surface area contributed by atoms with Crippen LogP contribution < -0.4 is 0 Å². The number of carbonyl (C=O) groups is 3. The number of carboxylic acids is 1. The van der Waals surface area contributed by atoms with Crippen LogP contribution in [0.4, 0.5) is 0 Å². The molecule has 192 valence electrons. The van der Waals surface area contributed by atoms with Gasteiger partial charge < -0.3 is 14.6 Å². The van der Waals surface area contributed by atoms with Gasteiger partial charge >= 0.3 is 17.9 Å². The van der Waals surface area contributed by atoms with Gasteiger partial charge in [0.25, 0.3) is 0 Å². The average molecular weight is 477 g/mol. The summed E-state index contributed by atoms with van der Waals surface area (Å²) in [5.74, 6) is -1.15. The van der Waals surface area contributed by atoms with Gasteiger partial charge in [-0.3, -0.25) is 14.4 Å². The van der Waals surface area contributed by atoms with Gasteiger partial charge in [0.2, 0.25) is 0 Å². The van der Waals surface area contributed by atoms with Crippen molar-refractivity contribution < 1.29 is 29.0 Å². The number of rotatable bonds is 17. The maximum atomic E-state index is 11.7. The standard InChI is InChI=1S/C28H44O6/c1-4-5-6-7-8-9-17-25(33-22(2)29)18-12-10-15-24-16-11-13-19-26(24)27(34-23(3)30)20-14-21-28(31)32/h10-13,15,18,24-27H,4-9,14,16-17,19-21H2,1-3H3,(H,31,32)/b15-10+,18-12+/t24-,25?,26-,27?/m1/s1. The molecule has 0 aromatic carbocycles. The monoisotopic (exact) mass is 476 g/mol. The maximum absolute atomic E-state index is 11.7. The Morgan fingerprint density at radius 1 is 0.912 bits per heavy atom. The molecule has 0 bridgehead atoms. The van der Waals surface area contributed by atoms with Gasteiger partial charge in [-0.25, -0.2) is 0 Å². The molecule has 1 aliphatic rings. The summed E-state index contributed by atoms with van der Waals surface area (Å²) < 4.78 is 11.1. The fourth-order valence-corrected chi connectivity index (χ4v) is 4.46. The van der Waals surface area contributed by atoms with Crippen LogP contribution in [0.5, 0.6) is 0 Å². The minimum Gasteiger partial charge on any atom is -0.481 e. The lowest BCUT2D eigenvalue weighted by atomic mass is 9.78. The molecule has 0 aromatic heterocycles. The Morgan fingerprint density at radius 2 is 1.59 bits per heavy atom. The number of hydrogen-bond acceptors (Lipinski definition) is 5. The Kier molecular flexibility index (Phi) is 15.7. The molecule has 0 heterocycles. The van der Waals surface area contributed by atoms with Crippen molar-refractivity contribution in [3.8, 4) is 0 Å². The van der Waals surface area contributed by atoms with E-state index >= 15 is 0 Å². The molecule has 0 amide bonds. The Hall–Kier alpha value is -2.37. The van der Waals surface area contributed by atoms with Crippen molar-refractivity contribution in [3.63, 3.8) is 0 Å². The smallest absolute Gasteiger partial charge is 0.303 e. The summed E-state index contributed by atoms with van der Waals surface area (Å²) in [5, 5.41) is 8.95. The predicted molar refractivity (Wildman–Crippen MR) is 134 cm³/mol. The lowest BCUT2D eigenvalue weighted by molar-refractivity contribution is -0.150. The fraction of sp³-hybridized carbons (Fsp3) is 0.679. The summed E-state index contributed by atoms with van der Waals surface area (Å²) in [4.78, 5) is 34.0. The van der Waals surface area contributed by atoms with Crippen LogP contribution in [0.1, 0.15) is 97.8 Å². The van der Waals surface area contributed by atoms with E-state index in [1.807, 2.05) is 18.2 Å². The molecule has 0 radical (unpaired) electrons. The van der Waals surface area contributed by atoms with E-state index < -0.39 is 5.97 Å². The molecule has 0 aromatic rings. The molecule has 1 aliphatic carbocycles. The summed E-state index contributed by atoms with van der Waals surface area (Å²) in [7, 11) is 0. The van der Waals surface area contributed by atoms with Crippen molar-refractivity contribution in [2.45, 2.75) is 110 Å². The zero-order valence-corrected chi connectivity index (χ0v) is 21.2. The topological polar surface area (TPSA) is 89.9 Å². The van der Waals surface area contributed by atoms with Gasteiger partial charge in [-0.05, 0) is 50.5 Å². The lowest BCUT2D eigenvalue weighted by Gasteiger charge is -2.33. The SMILES string of the molecule is CCCCCCCCC(/C=C/C=C/[C@@H]1CC=CC[C@H]1C(CCCC(=O)O)OC(C)=O)OC(C)=O. The summed E-state index contributed by atoms with van der Waals surface area (Å²) in [6.07, 6.45) is 22.4. The third kappa shape index (κ3) is 14.0. The van der Waals surface area contributed by atoms with Crippen molar-refractivity contribution in [1.29, 1.82) is 0 Å². The Bertz CT molecular complexity index is 693. The number of hydrogen-bond donors (Lipinski definition) is 1. The quantitative estimate of drug-likeness (QED) is 0.111. The predicted octanol–water partition coefficient (Wildman–Crippen LogP) is 6.55. The highest BCUT2D eigenvalue weighted by Gasteiger charge is 2.30. The number of esters is 2. The number of carbonyl (C=O) groups excluding carboxylic acids is 2. The molecular weight excluding hydrogens is 432 g/mol. The van der Waals surface area contributed by atoms with E-state index in [-0.39, 0.29) is 42.4 Å². The summed E-state index contributed by atoms with van der Waals surface area (Å²) in [6, 6.07) is 0. The van der Waals surface area contributed by atoms with E-state index in [0.717, 1.165) is 32.1 Å². The summed E-state index contributed by atoms with van der Waals surface area (Å²) in [5.41, 5.74) is 0. The van der Waals surface area contributed by atoms with Gasteiger partial charge in [-0.15, -0.1) is 0 Å². The van der Waals surface area contributed by atoms with Crippen molar-refractivity contribution in [3.05, 3.63) is 36.5 Å². The first-order valence-electron chi connectivity index (χ1n) is 12.9. The first kappa shape index (κ1) is 29.7. The maximum Gasteiger partial charge on any atom is 0.303 e. The average Bonchev–Trinajstić information content (AvgIpc) is 2.77. The highest BCUT2D eigenvalue weighted by atomic mass is 16.5. The van der Waals surface area contributed by atoms with E-state index in [1.165, 1.54) is 39.5 Å². The highest BCUT2D eigenvalue weighted by Crippen LogP contribution is 2.33. The largest absolute Gasteiger partial charge is 0.481 e. The zero-order valence-electron chi connectivity index (χ0n) is 21.2. The number of aliphatic carboxylic acids is 1. The molecule has 34 heavy (non-hydrogen) atoms. The highest BCUT2D eigenvalue weighted by molar-refractivity contribution is 5.67. The van der Waals surface area contributed by atoms with Crippen LogP contribution in [0, 0.1) is 11.8 Å². The van der Waals surface area contributed by atoms with Crippen LogP contribution in [0.25, 0.3) is 0 Å². The molecule has 0 saturated heterocycles. The van der Waals surface area contributed by atoms with Crippen molar-refractivity contribution in [2.75, 3.05) is 0 Å². The van der Waals surface area contributed by atoms with Crippen LogP contribution in [0.2, 0.25) is 0 Å². The zero-order chi connectivity index (χ0) is 25.2. The Morgan fingerprint density at radius 3 is 2.26 bits per heavy atom. The Balaban J connectivity index is 2.70. The van der Waals surface area contributed by atoms with Crippen molar-refractivity contribution in [2.24, 2.45) is 11.8 Å². The lowest BCUT2D eigenvalue weighted by Crippen LogP contribution is -2.32. The van der Waals surface area contributed by atoms with Crippen LogP contribution >= 0.6 is 0 Å². The minimum atomic E-state index is -0.838. The second-order valence-electron chi connectivity index (χ2n) is 9.18. The van der Waals surface area contributed by atoms with E-state index in [2.05, 4.69) is 25.2 Å². The Labute approximate surface area is 205 Å². The van der Waals surface area contributed by atoms with E-state index in [0.29, 0.717) is 12.8 Å². The molecule has 1 N–H and O–H groups in total. The van der Waals surface area contributed by atoms with Gasteiger partial charge in [0.1, 0.15) is 12.2 Å². The molecular formula is C28H44O6. The summed E-state index contributed by atoms with van der Waals surface area (Å²) in [6.45, 7) is 5.04. The van der Waals surface area contributed by atoms with Crippen LogP contribution in [-0.4, -0.2) is 35.2 Å².